The number of benzene rings is 1. The highest BCUT2D eigenvalue weighted by Gasteiger charge is 2.12. The zero-order valence-electron chi connectivity index (χ0n) is 9.80. The van der Waals surface area contributed by atoms with Gasteiger partial charge in [0.15, 0.2) is 0 Å². The highest BCUT2D eigenvalue weighted by molar-refractivity contribution is 5.27. The van der Waals surface area contributed by atoms with E-state index < -0.39 is 0 Å². The summed E-state index contributed by atoms with van der Waals surface area (Å²) in [6.45, 7) is 8.13. The van der Waals surface area contributed by atoms with Crippen molar-refractivity contribution >= 4 is 0 Å². The quantitative estimate of drug-likeness (QED) is 0.585. The van der Waals surface area contributed by atoms with E-state index in [2.05, 4.69) is 56.3 Å². The van der Waals surface area contributed by atoms with Gasteiger partial charge in [-0.15, -0.1) is 6.42 Å². The highest BCUT2D eigenvalue weighted by Crippen LogP contribution is 2.21. The monoisotopic (exact) mass is 201 g/mol. The summed E-state index contributed by atoms with van der Waals surface area (Å²) in [5.41, 5.74) is 2.87. The molecule has 0 amide bonds. The minimum atomic E-state index is 0.227. The van der Waals surface area contributed by atoms with Crippen LogP contribution in [-0.2, 0) is 12.0 Å². The molecule has 0 bridgehead atoms. The summed E-state index contributed by atoms with van der Waals surface area (Å²) in [5.74, 6) is 2.56. The number of rotatable bonds is 3. The Kier molecular flexibility index (Phi) is 3.94. The maximum atomic E-state index is 5.16. The van der Waals surface area contributed by atoms with Crippen molar-refractivity contribution in [2.75, 3.05) is 6.54 Å². The number of terminal acetylenes is 1. The Hall–Kier alpha value is -1.26. The van der Waals surface area contributed by atoms with Crippen LogP contribution in [0.4, 0.5) is 0 Å². The Balaban J connectivity index is 2.61. The summed E-state index contributed by atoms with van der Waals surface area (Å²) in [5, 5.41) is 3.17. The molecule has 1 aromatic carbocycles. The second-order valence-electron chi connectivity index (χ2n) is 4.75. The summed E-state index contributed by atoms with van der Waals surface area (Å²) < 4.78 is 0. The first-order valence-electron chi connectivity index (χ1n) is 5.27. The number of nitrogens with one attached hydrogen (secondary N) is 1. The van der Waals surface area contributed by atoms with Gasteiger partial charge in [0.05, 0.1) is 6.54 Å². The maximum Gasteiger partial charge on any atom is 0.0576 e. The maximum absolute atomic E-state index is 5.16. The lowest BCUT2D eigenvalue weighted by Crippen LogP contribution is -2.14. The average molecular weight is 201 g/mol. The van der Waals surface area contributed by atoms with Gasteiger partial charge in [-0.1, -0.05) is 51.0 Å². The molecule has 15 heavy (non-hydrogen) atoms. The zero-order chi connectivity index (χ0) is 11.3. The highest BCUT2D eigenvalue weighted by atomic mass is 14.8. The molecule has 0 heterocycles. The minimum Gasteiger partial charge on any atom is -0.302 e. The van der Waals surface area contributed by atoms with Gasteiger partial charge in [0.1, 0.15) is 0 Å². The van der Waals surface area contributed by atoms with E-state index in [-0.39, 0.29) is 5.41 Å². The molecule has 0 saturated carbocycles. The Morgan fingerprint density at radius 2 is 1.80 bits per heavy atom. The third-order valence-corrected chi connectivity index (χ3v) is 2.38. The second-order valence-corrected chi connectivity index (χ2v) is 4.75. The van der Waals surface area contributed by atoms with Crippen molar-refractivity contribution in [3.8, 4) is 12.3 Å². The van der Waals surface area contributed by atoms with Gasteiger partial charge in [-0.3, -0.25) is 0 Å². The second kappa shape index (κ2) is 5.00. The predicted octanol–water partition coefficient (Wildman–Crippen LogP) is 2.71. The van der Waals surface area contributed by atoms with Gasteiger partial charge in [0, 0.05) is 6.54 Å². The molecule has 1 rings (SSSR count). The number of hydrogen-bond acceptors (Lipinski definition) is 1. The Morgan fingerprint density at radius 1 is 1.20 bits per heavy atom. The van der Waals surface area contributed by atoms with Gasteiger partial charge in [-0.05, 0) is 16.5 Å². The summed E-state index contributed by atoms with van der Waals surface area (Å²) in [7, 11) is 0. The predicted molar refractivity (Wildman–Crippen MR) is 65.7 cm³/mol. The first-order chi connectivity index (χ1) is 7.04. The van der Waals surface area contributed by atoms with E-state index in [0.29, 0.717) is 6.54 Å². The third-order valence-electron chi connectivity index (χ3n) is 2.38. The molecule has 0 radical (unpaired) electrons. The van der Waals surface area contributed by atoms with Gasteiger partial charge in [-0.2, -0.15) is 0 Å². The molecule has 0 aromatic heterocycles. The van der Waals surface area contributed by atoms with Crippen molar-refractivity contribution in [1.82, 2.24) is 5.32 Å². The molecule has 0 saturated heterocycles. The molecule has 0 aliphatic carbocycles. The van der Waals surface area contributed by atoms with Crippen LogP contribution in [0.1, 0.15) is 31.9 Å². The van der Waals surface area contributed by atoms with Crippen LogP contribution in [0.3, 0.4) is 0 Å². The van der Waals surface area contributed by atoms with Crippen molar-refractivity contribution in [3.05, 3.63) is 35.4 Å². The molecule has 1 heteroatoms. The van der Waals surface area contributed by atoms with E-state index in [0.717, 1.165) is 6.54 Å². The number of hydrogen-bond donors (Lipinski definition) is 1. The molecule has 0 aliphatic rings. The molecule has 0 aliphatic heterocycles. The van der Waals surface area contributed by atoms with Crippen molar-refractivity contribution in [1.29, 1.82) is 0 Å². The molecule has 80 valence electrons. The third kappa shape index (κ3) is 3.77. The normalized spacial score (nSPS) is 11.1. The summed E-state index contributed by atoms with van der Waals surface area (Å²) in [4.78, 5) is 0. The van der Waals surface area contributed by atoms with Gasteiger partial charge in [0.2, 0.25) is 0 Å². The van der Waals surface area contributed by atoms with Crippen LogP contribution in [0.5, 0.6) is 0 Å². The minimum absolute atomic E-state index is 0.227. The fourth-order valence-corrected chi connectivity index (χ4v) is 1.40. The van der Waals surface area contributed by atoms with E-state index in [9.17, 15) is 0 Å². The molecular formula is C14H19N. The van der Waals surface area contributed by atoms with E-state index in [4.69, 9.17) is 6.42 Å². The Morgan fingerprint density at radius 3 is 2.27 bits per heavy atom. The van der Waals surface area contributed by atoms with Crippen molar-refractivity contribution < 1.29 is 0 Å². The first kappa shape index (κ1) is 11.8. The standard InChI is InChI=1S/C14H19N/c1-5-10-15-11-12-6-8-13(9-7-12)14(2,3)4/h1,6-9,15H,10-11H2,2-4H3. The lowest BCUT2D eigenvalue weighted by molar-refractivity contribution is 0.589. The van der Waals surface area contributed by atoms with Crippen LogP contribution < -0.4 is 5.32 Å². The van der Waals surface area contributed by atoms with Crippen LogP contribution in [0.15, 0.2) is 24.3 Å². The van der Waals surface area contributed by atoms with Gasteiger partial charge in [-0.25, -0.2) is 0 Å². The fourth-order valence-electron chi connectivity index (χ4n) is 1.40. The van der Waals surface area contributed by atoms with Gasteiger partial charge in [0.25, 0.3) is 0 Å². The lowest BCUT2D eigenvalue weighted by atomic mass is 9.87. The average Bonchev–Trinajstić information content (AvgIpc) is 2.18. The van der Waals surface area contributed by atoms with Crippen LogP contribution in [0, 0.1) is 12.3 Å². The Labute approximate surface area is 92.9 Å². The van der Waals surface area contributed by atoms with Gasteiger partial charge >= 0.3 is 0 Å². The van der Waals surface area contributed by atoms with E-state index >= 15 is 0 Å². The molecule has 0 unspecified atom stereocenters. The van der Waals surface area contributed by atoms with Crippen molar-refractivity contribution in [2.45, 2.75) is 32.7 Å². The topological polar surface area (TPSA) is 12.0 Å². The van der Waals surface area contributed by atoms with Crippen LogP contribution >= 0.6 is 0 Å². The van der Waals surface area contributed by atoms with Crippen LogP contribution in [0.2, 0.25) is 0 Å². The first-order valence-corrected chi connectivity index (χ1v) is 5.27. The molecule has 1 nitrogen and oxygen atoms in total. The summed E-state index contributed by atoms with van der Waals surface area (Å²) in [6, 6.07) is 8.69. The van der Waals surface area contributed by atoms with Gasteiger partial charge < -0.3 is 5.32 Å². The molecule has 0 spiro atoms. The molecule has 0 fully saturated rings. The smallest absolute Gasteiger partial charge is 0.0576 e. The largest absolute Gasteiger partial charge is 0.302 e. The Bertz CT molecular complexity index is 335. The van der Waals surface area contributed by atoms with E-state index in [1.54, 1.807) is 0 Å². The fraction of sp³-hybridized carbons (Fsp3) is 0.429. The summed E-state index contributed by atoms with van der Waals surface area (Å²) in [6.07, 6.45) is 5.16. The molecular weight excluding hydrogens is 182 g/mol. The van der Waals surface area contributed by atoms with E-state index in [1.807, 2.05) is 0 Å². The van der Waals surface area contributed by atoms with E-state index in [1.165, 1.54) is 11.1 Å². The lowest BCUT2D eigenvalue weighted by Gasteiger charge is -2.19. The van der Waals surface area contributed by atoms with Crippen molar-refractivity contribution in [2.24, 2.45) is 0 Å². The molecule has 0 atom stereocenters. The molecule has 1 N–H and O–H groups in total. The van der Waals surface area contributed by atoms with Crippen LogP contribution in [0.25, 0.3) is 0 Å². The van der Waals surface area contributed by atoms with Crippen molar-refractivity contribution in [3.63, 3.8) is 0 Å². The molecule has 1 aromatic rings. The van der Waals surface area contributed by atoms with Crippen LogP contribution in [-0.4, -0.2) is 6.54 Å². The SMILES string of the molecule is C#CCNCc1ccc(C(C)(C)C)cc1. The summed E-state index contributed by atoms with van der Waals surface area (Å²) >= 11 is 0. The zero-order valence-corrected chi connectivity index (χ0v) is 9.80.